The van der Waals surface area contributed by atoms with Crippen molar-refractivity contribution in [1.29, 1.82) is 0 Å². The van der Waals surface area contributed by atoms with Gasteiger partial charge in [-0.2, -0.15) is 0 Å². The maximum absolute atomic E-state index is 11.6. The van der Waals surface area contributed by atoms with Crippen molar-refractivity contribution in [2.24, 2.45) is 17.8 Å². The summed E-state index contributed by atoms with van der Waals surface area (Å²) in [5.74, 6) is 2.76. The quantitative estimate of drug-likeness (QED) is 0.690. The second-order valence-corrected chi connectivity index (χ2v) is 5.09. The van der Waals surface area contributed by atoms with Gasteiger partial charge in [0.1, 0.15) is 0 Å². The lowest BCUT2D eigenvalue weighted by Crippen LogP contribution is -2.42. The van der Waals surface area contributed by atoms with E-state index in [-0.39, 0.29) is 11.9 Å². The highest BCUT2D eigenvalue weighted by atomic mass is 16.2. The van der Waals surface area contributed by atoms with E-state index in [1.54, 1.807) is 0 Å². The molecule has 15 heavy (non-hydrogen) atoms. The predicted molar refractivity (Wildman–Crippen MR) is 60.5 cm³/mol. The lowest BCUT2D eigenvalue weighted by molar-refractivity contribution is -0.122. The second-order valence-electron chi connectivity index (χ2n) is 5.09. The Balaban J connectivity index is 1.72. The average Bonchev–Trinajstić information content (AvgIpc) is 3.07. The van der Waals surface area contributed by atoms with Gasteiger partial charge in [0.2, 0.25) is 5.91 Å². The molecule has 86 valence electrons. The molecule has 2 fully saturated rings. The van der Waals surface area contributed by atoms with Gasteiger partial charge in [0.15, 0.2) is 0 Å². The first-order chi connectivity index (χ1) is 7.22. The number of rotatable bonds is 6. The monoisotopic (exact) mass is 210 g/mol. The van der Waals surface area contributed by atoms with Gasteiger partial charge in [0.05, 0.1) is 6.04 Å². The summed E-state index contributed by atoms with van der Waals surface area (Å²) in [5, 5.41) is 6.04. The predicted octanol–water partition coefficient (Wildman–Crippen LogP) is 1.15. The number of likely N-dealkylation sites (N-methyl/N-ethyl adjacent to an activating group) is 1. The number of hydrogen-bond donors (Lipinski definition) is 2. The lowest BCUT2D eigenvalue weighted by atomic mass is 9.98. The van der Waals surface area contributed by atoms with Crippen LogP contribution in [0.25, 0.3) is 0 Å². The molecule has 0 heterocycles. The molecule has 0 bridgehead atoms. The van der Waals surface area contributed by atoms with Gasteiger partial charge in [-0.05, 0) is 57.4 Å². The van der Waals surface area contributed by atoms with Gasteiger partial charge in [0, 0.05) is 6.54 Å². The molecule has 1 amide bonds. The van der Waals surface area contributed by atoms with Crippen molar-refractivity contribution in [3.8, 4) is 0 Å². The number of amides is 1. The Bertz CT molecular complexity index is 222. The van der Waals surface area contributed by atoms with Gasteiger partial charge >= 0.3 is 0 Å². The van der Waals surface area contributed by atoms with Crippen LogP contribution in [0.15, 0.2) is 0 Å². The molecule has 0 aromatic carbocycles. The van der Waals surface area contributed by atoms with Crippen LogP contribution in [0.3, 0.4) is 0 Å². The molecular weight excluding hydrogens is 188 g/mol. The fraction of sp³-hybridized carbons (Fsp3) is 0.917. The van der Waals surface area contributed by atoms with E-state index in [9.17, 15) is 4.79 Å². The molecule has 0 radical (unpaired) electrons. The first-order valence-corrected chi connectivity index (χ1v) is 6.17. The first kappa shape index (κ1) is 10.9. The van der Waals surface area contributed by atoms with Gasteiger partial charge in [-0.1, -0.05) is 0 Å². The van der Waals surface area contributed by atoms with Crippen molar-refractivity contribution in [2.75, 3.05) is 13.6 Å². The normalized spacial score (nSPS) is 22.9. The summed E-state index contributed by atoms with van der Waals surface area (Å²) in [6.07, 6.45) is 5.55. The Labute approximate surface area is 92.0 Å². The summed E-state index contributed by atoms with van der Waals surface area (Å²) in [5.41, 5.74) is 0. The highest BCUT2D eigenvalue weighted by Crippen LogP contribution is 2.48. The zero-order valence-corrected chi connectivity index (χ0v) is 9.75. The Morgan fingerprint density at radius 1 is 1.27 bits per heavy atom. The SMILES string of the molecule is CNC(C)C(=O)NCC(C1CC1)C1CC1. The molecule has 1 unspecified atom stereocenters. The Morgan fingerprint density at radius 2 is 1.80 bits per heavy atom. The van der Waals surface area contributed by atoms with Gasteiger partial charge in [-0.25, -0.2) is 0 Å². The summed E-state index contributed by atoms with van der Waals surface area (Å²) >= 11 is 0. The van der Waals surface area contributed by atoms with E-state index >= 15 is 0 Å². The molecule has 3 nitrogen and oxygen atoms in total. The van der Waals surface area contributed by atoms with Crippen LogP contribution in [0.2, 0.25) is 0 Å². The summed E-state index contributed by atoms with van der Waals surface area (Å²) in [4.78, 5) is 11.6. The largest absolute Gasteiger partial charge is 0.354 e. The molecule has 2 aliphatic rings. The van der Waals surface area contributed by atoms with Crippen LogP contribution in [-0.2, 0) is 4.79 Å². The number of carbonyl (C=O) groups is 1. The minimum absolute atomic E-state index is 0.0657. The van der Waals surface area contributed by atoms with Crippen molar-refractivity contribution in [1.82, 2.24) is 10.6 Å². The van der Waals surface area contributed by atoms with Crippen LogP contribution < -0.4 is 10.6 Å². The van der Waals surface area contributed by atoms with Crippen molar-refractivity contribution >= 4 is 5.91 Å². The number of carbonyl (C=O) groups excluding carboxylic acids is 1. The van der Waals surface area contributed by atoms with Gasteiger partial charge in [0.25, 0.3) is 0 Å². The van der Waals surface area contributed by atoms with E-state index in [2.05, 4.69) is 10.6 Å². The maximum atomic E-state index is 11.6. The summed E-state index contributed by atoms with van der Waals surface area (Å²) in [6.45, 7) is 2.80. The molecule has 2 aliphatic carbocycles. The summed E-state index contributed by atoms with van der Waals surface area (Å²) < 4.78 is 0. The standard InChI is InChI=1S/C12H22N2O/c1-8(13-2)12(15)14-7-11(9-3-4-9)10-5-6-10/h8-11,13H,3-7H2,1-2H3,(H,14,15). The van der Waals surface area contributed by atoms with Crippen LogP contribution in [-0.4, -0.2) is 25.5 Å². The zero-order chi connectivity index (χ0) is 10.8. The van der Waals surface area contributed by atoms with E-state index in [1.165, 1.54) is 25.7 Å². The van der Waals surface area contributed by atoms with Gasteiger partial charge in [-0.15, -0.1) is 0 Å². The fourth-order valence-electron chi connectivity index (χ4n) is 2.27. The van der Waals surface area contributed by atoms with Crippen LogP contribution in [0.4, 0.5) is 0 Å². The Morgan fingerprint density at radius 3 is 2.20 bits per heavy atom. The third-order valence-electron chi connectivity index (χ3n) is 3.79. The third kappa shape index (κ3) is 2.94. The number of nitrogens with one attached hydrogen (secondary N) is 2. The maximum Gasteiger partial charge on any atom is 0.236 e. The second kappa shape index (κ2) is 4.52. The molecule has 0 spiro atoms. The van der Waals surface area contributed by atoms with Gasteiger partial charge < -0.3 is 10.6 Å². The smallest absolute Gasteiger partial charge is 0.236 e. The van der Waals surface area contributed by atoms with Crippen LogP contribution in [0.5, 0.6) is 0 Å². The van der Waals surface area contributed by atoms with E-state index in [0.29, 0.717) is 0 Å². The first-order valence-electron chi connectivity index (χ1n) is 6.17. The van der Waals surface area contributed by atoms with Crippen molar-refractivity contribution in [3.05, 3.63) is 0 Å². The molecule has 2 rings (SSSR count). The molecule has 1 atom stereocenters. The van der Waals surface area contributed by atoms with E-state index in [1.807, 2.05) is 14.0 Å². The fourth-order valence-corrected chi connectivity index (χ4v) is 2.27. The minimum atomic E-state index is -0.0657. The van der Waals surface area contributed by atoms with Crippen LogP contribution >= 0.6 is 0 Å². The number of hydrogen-bond acceptors (Lipinski definition) is 2. The molecule has 0 aromatic heterocycles. The molecule has 2 N–H and O–H groups in total. The molecule has 0 saturated heterocycles. The van der Waals surface area contributed by atoms with Crippen molar-refractivity contribution < 1.29 is 4.79 Å². The molecular formula is C12H22N2O. The van der Waals surface area contributed by atoms with Crippen molar-refractivity contribution in [2.45, 2.75) is 38.6 Å². The average molecular weight is 210 g/mol. The van der Waals surface area contributed by atoms with E-state index < -0.39 is 0 Å². The Hall–Kier alpha value is -0.570. The molecule has 0 aliphatic heterocycles. The summed E-state index contributed by atoms with van der Waals surface area (Å²) in [6, 6.07) is -0.0657. The lowest BCUT2D eigenvalue weighted by Gasteiger charge is -2.18. The highest BCUT2D eigenvalue weighted by Gasteiger charge is 2.41. The highest BCUT2D eigenvalue weighted by molar-refractivity contribution is 5.81. The van der Waals surface area contributed by atoms with E-state index in [0.717, 1.165) is 24.3 Å². The molecule has 0 aromatic rings. The topological polar surface area (TPSA) is 41.1 Å². The molecule has 3 heteroatoms. The third-order valence-corrected chi connectivity index (χ3v) is 3.79. The Kier molecular flexibility index (Phi) is 3.29. The van der Waals surface area contributed by atoms with Gasteiger partial charge in [-0.3, -0.25) is 4.79 Å². The zero-order valence-electron chi connectivity index (χ0n) is 9.75. The van der Waals surface area contributed by atoms with Crippen molar-refractivity contribution in [3.63, 3.8) is 0 Å². The minimum Gasteiger partial charge on any atom is -0.354 e. The van der Waals surface area contributed by atoms with Crippen LogP contribution in [0.1, 0.15) is 32.6 Å². The molecule has 2 saturated carbocycles. The van der Waals surface area contributed by atoms with Crippen LogP contribution in [0, 0.1) is 17.8 Å². The van der Waals surface area contributed by atoms with E-state index in [4.69, 9.17) is 0 Å². The summed E-state index contributed by atoms with van der Waals surface area (Å²) in [7, 11) is 1.82.